The predicted octanol–water partition coefficient (Wildman–Crippen LogP) is 2.93. The lowest BCUT2D eigenvalue weighted by molar-refractivity contribution is -0.121. The first-order valence-corrected chi connectivity index (χ1v) is 12.6. The summed E-state index contributed by atoms with van der Waals surface area (Å²) in [6.07, 6.45) is 2.13. The SMILES string of the molecule is C[C@H](C(=O)Nc1ccc(S(=O)(=O)N2CCOCC2)cc1)N1CCC[C@H]1c1ccsc1. The van der Waals surface area contributed by atoms with Crippen LogP contribution < -0.4 is 5.32 Å². The first-order valence-electron chi connectivity index (χ1n) is 10.2. The lowest BCUT2D eigenvalue weighted by Crippen LogP contribution is -2.41. The molecular weight excluding hydrogens is 422 g/mol. The van der Waals surface area contributed by atoms with E-state index in [0.29, 0.717) is 32.0 Å². The highest BCUT2D eigenvalue weighted by Crippen LogP contribution is 2.34. The maximum absolute atomic E-state index is 12.9. The summed E-state index contributed by atoms with van der Waals surface area (Å²) in [5, 5.41) is 7.16. The zero-order valence-electron chi connectivity index (χ0n) is 17.0. The maximum Gasteiger partial charge on any atom is 0.243 e. The Labute approximate surface area is 181 Å². The third-order valence-electron chi connectivity index (χ3n) is 5.83. The van der Waals surface area contributed by atoms with Crippen molar-refractivity contribution in [3.63, 3.8) is 0 Å². The Kier molecular flexibility index (Phi) is 6.54. The minimum atomic E-state index is -3.54. The van der Waals surface area contributed by atoms with Crippen LogP contribution in [0.5, 0.6) is 0 Å². The molecule has 1 aromatic carbocycles. The van der Waals surface area contributed by atoms with Gasteiger partial charge in [0.25, 0.3) is 0 Å². The molecule has 1 amide bonds. The highest BCUT2D eigenvalue weighted by atomic mass is 32.2. The zero-order chi connectivity index (χ0) is 21.1. The van der Waals surface area contributed by atoms with E-state index in [2.05, 4.69) is 27.0 Å². The number of nitrogens with zero attached hydrogens (tertiary/aromatic N) is 2. The molecule has 2 aromatic rings. The molecule has 2 aliphatic heterocycles. The maximum atomic E-state index is 12.9. The van der Waals surface area contributed by atoms with Gasteiger partial charge in [-0.15, -0.1) is 0 Å². The number of nitrogens with one attached hydrogen (secondary N) is 1. The molecular formula is C21H27N3O4S2. The van der Waals surface area contributed by atoms with Crippen molar-refractivity contribution in [3.05, 3.63) is 46.7 Å². The fraction of sp³-hybridized carbons (Fsp3) is 0.476. The van der Waals surface area contributed by atoms with Crippen LogP contribution in [0.25, 0.3) is 0 Å². The molecule has 0 saturated carbocycles. The molecule has 1 aromatic heterocycles. The van der Waals surface area contributed by atoms with Gasteiger partial charge in [0.05, 0.1) is 24.2 Å². The Morgan fingerprint density at radius 1 is 1.17 bits per heavy atom. The number of morpholine rings is 1. The zero-order valence-corrected chi connectivity index (χ0v) is 18.6. The summed E-state index contributed by atoms with van der Waals surface area (Å²) in [6, 6.07) is 8.54. The van der Waals surface area contributed by atoms with Crippen molar-refractivity contribution in [2.45, 2.75) is 36.7 Å². The summed E-state index contributed by atoms with van der Waals surface area (Å²) in [5.74, 6) is -0.0825. The highest BCUT2D eigenvalue weighted by Gasteiger charge is 2.33. The second-order valence-corrected chi connectivity index (χ2v) is 10.4. The summed E-state index contributed by atoms with van der Waals surface area (Å²) in [4.78, 5) is 15.3. The van der Waals surface area contributed by atoms with Crippen LogP contribution in [0.3, 0.4) is 0 Å². The first kappa shape index (κ1) is 21.5. The van der Waals surface area contributed by atoms with E-state index in [-0.39, 0.29) is 22.9 Å². The molecule has 4 rings (SSSR count). The van der Waals surface area contributed by atoms with Crippen LogP contribution >= 0.6 is 11.3 Å². The number of anilines is 1. The Bertz CT molecular complexity index is 955. The molecule has 7 nitrogen and oxygen atoms in total. The monoisotopic (exact) mass is 449 g/mol. The molecule has 2 atom stereocenters. The van der Waals surface area contributed by atoms with E-state index >= 15 is 0 Å². The van der Waals surface area contributed by atoms with Gasteiger partial charge in [0.1, 0.15) is 0 Å². The standard InChI is InChI=1S/C21H27N3O4S2/c1-16(24-9-2-3-20(24)17-8-14-29-15-17)21(25)22-18-4-6-19(7-5-18)30(26,27)23-10-12-28-13-11-23/h4-8,14-16,20H,2-3,9-13H2,1H3,(H,22,25)/t16-,20+/m1/s1. The molecule has 1 N–H and O–H groups in total. The first-order chi connectivity index (χ1) is 14.5. The Hall–Kier alpha value is -1.78. The van der Waals surface area contributed by atoms with Gasteiger partial charge in [0, 0.05) is 24.8 Å². The number of amides is 1. The third-order valence-corrected chi connectivity index (χ3v) is 8.44. The molecule has 0 spiro atoms. The molecule has 3 heterocycles. The molecule has 0 unspecified atom stereocenters. The number of ether oxygens (including phenoxy) is 1. The summed E-state index contributed by atoms with van der Waals surface area (Å²) >= 11 is 1.68. The second kappa shape index (κ2) is 9.15. The average molecular weight is 450 g/mol. The number of carbonyl (C=O) groups is 1. The van der Waals surface area contributed by atoms with Gasteiger partial charge in [-0.2, -0.15) is 15.6 Å². The number of likely N-dealkylation sites (tertiary alicyclic amines) is 1. The summed E-state index contributed by atoms with van der Waals surface area (Å²) in [7, 11) is -3.54. The Balaban J connectivity index is 1.41. The van der Waals surface area contributed by atoms with E-state index in [0.717, 1.165) is 19.4 Å². The largest absolute Gasteiger partial charge is 0.379 e. The number of sulfonamides is 1. The lowest BCUT2D eigenvalue weighted by atomic mass is 10.1. The van der Waals surface area contributed by atoms with Gasteiger partial charge in [0.15, 0.2) is 0 Å². The molecule has 2 fully saturated rings. The summed E-state index contributed by atoms with van der Waals surface area (Å²) in [6.45, 7) is 4.37. The second-order valence-electron chi connectivity index (χ2n) is 7.66. The quantitative estimate of drug-likeness (QED) is 0.734. The molecule has 2 saturated heterocycles. The van der Waals surface area contributed by atoms with Crippen molar-refractivity contribution in [2.75, 3.05) is 38.2 Å². The molecule has 0 bridgehead atoms. The van der Waals surface area contributed by atoms with Crippen LogP contribution in [0.1, 0.15) is 31.4 Å². The van der Waals surface area contributed by atoms with Crippen molar-refractivity contribution < 1.29 is 17.9 Å². The highest BCUT2D eigenvalue weighted by molar-refractivity contribution is 7.89. The van der Waals surface area contributed by atoms with Crippen LogP contribution in [-0.2, 0) is 19.6 Å². The van der Waals surface area contributed by atoms with Crippen LogP contribution in [0.4, 0.5) is 5.69 Å². The minimum Gasteiger partial charge on any atom is -0.379 e. The van der Waals surface area contributed by atoms with Crippen LogP contribution in [0.2, 0.25) is 0 Å². The normalized spacial score (nSPS) is 22.1. The van der Waals surface area contributed by atoms with Crippen LogP contribution in [-0.4, -0.2) is 62.4 Å². The number of benzene rings is 1. The van der Waals surface area contributed by atoms with Gasteiger partial charge >= 0.3 is 0 Å². The predicted molar refractivity (Wildman–Crippen MR) is 117 cm³/mol. The van der Waals surface area contributed by atoms with Gasteiger partial charge < -0.3 is 10.1 Å². The molecule has 0 radical (unpaired) electrons. The average Bonchev–Trinajstić information content (AvgIpc) is 3.46. The van der Waals surface area contributed by atoms with Gasteiger partial charge in [0.2, 0.25) is 15.9 Å². The topological polar surface area (TPSA) is 79.0 Å². The van der Waals surface area contributed by atoms with Crippen molar-refractivity contribution in [2.24, 2.45) is 0 Å². The van der Waals surface area contributed by atoms with Gasteiger partial charge in [-0.3, -0.25) is 9.69 Å². The van der Waals surface area contributed by atoms with E-state index in [9.17, 15) is 13.2 Å². The molecule has 9 heteroatoms. The smallest absolute Gasteiger partial charge is 0.243 e. The van der Waals surface area contributed by atoms with Crippen molar-refractivity contribution in [1.82, 2.24) is 9.21 Å². The fourth-order valence-electron chi connectivity index (χ4n) is 4.12. The Morgan fingerprint density at radius 3 is 2.57 bits per heavy atom. The summed E-state index contributed by atoms with van der Waals surface area (Å²) < 4.78 is 32.1. The number of hydrogen-bond acceptors (Lipinski definition) is 6. The van der Waals surface area contributed by atoms with E-state index in [1.54, 1.807) is 35.6 Å². The summed E-state index contributed by atoms with van der Waals surface area (Å²) in [5.41, 5.74) is 1.87. The number of rotatable bonds is 6. The number of hydrogen-bond donors (Lipinski definition) is 1. The number of carbonyl (C=O) groups excluding carboxylic acids is 1. The lowest BCUT2D eigenvalue weighted by Gasteiger charge is -2.29. The molecule has 0 aliphatic carbocycles. The number of thiophene rings is 1. The van der Waals surface area contributed by atoms with E-state index < -0.39 is 10.0 Å². The van der Waals surface area contributed by atoms with Gasteiger partial charge in [-0.25, -0.2) is 8.42 Å². The minimum absolute atomic E-state index is 0.0825. The van der Waals surface area contributed by atoms with E-state index in [1.165, 1.54) is 9.87 Å². The van der Waals surface area contributed by atoms with Gasteiger partial charge in [-0.05, 0) is 73.0 Å². The van der Waals surface area contributed by atoms with Crippen molar-refractivity contribution in [3.8, 4) is 0 Å². The molecule has 30 heavy (non-hydrogen) atoms. The van der Waals surface area contributed by atoms with Crippen molar-refractivity contribution in [1.29, 1.82) is 0 Å². The van der Waals surface area contributed by atoms with E-state index in [4.69, 9.17) is 4.74 Å². The van der Waals surface area contributed by atoms with Gasteiger partial charge in [-0.1, -0.05) is 0 Å². The molecule has 162 valence electrons. The third kappa shape index (κ3) is 4.45. The van der Waals surface area contributed by atoms with E-state index in [1.807, 2.05) is 6.92 Å². The van der Waals surface area contributed by atoms with Crippen LogP contribution in [0, 0.1) is 0 Å². The molecule has 2 aliphatic rings. The van der Waals surface area contributed by atoms with Crippen LogP contribution in [0.15, 0.2) is 46.0 Å². The van der Waals surface area contributed by atoms with Crippen molar-refractivity contribution >= 4 is 33.0 Å². The fourth-order valence-corrected chi connectivity index (χ4v) is 6.23. The Morgan fingerprint density at radius 2 is 1.90 bits per heavy atom.